The highest BCUT2D eigenvalue weighted by Gasteiger charge is 2.12. The van der Waals surface area contributed by atoms with Crippen LogP contribution in [0.3, 0.4) is 0 Å². The summed E-state index contributed by atoms with van der Waals surface area (Å²) in [6.45, 7) is 0. The molecular weight excluding hydrogens is 262 g/mol. The molecule has 0 saturated carbocycles. The molecule has 0 unspecified atom stereocenters. The molecule has 0 aliphatic rings. The molecule has 8 heteroatoms. The average Bonchev–Trinajstić information content (AvgIpc) is 3.01. The van der Waals surface area contributed by atoms with Gasteiger partial charge in [-0.05, 0) is 24.3 Å². The standard InChI is InChI=1S/C12H13N5O3/c1-20-10-6-7(11(13)17-19)2-3-8(10)15-12(18)9-4-5-14-16-9/h2-6,19H,1H3,(H2,13,17)(H,14,16)(H,15,18). The van der Waals surface area contributed by atoms with Crippen LogP contribution in [0.15, 0.2) is 35.6 Å². The summed E-state index contributed by atoms with van der Waals surface area (Å²) in [5.74, 6) is -0.00550. The Balaban J connectivity index is 2.26. The lowest BCUT2D eigenvalue weighted by molar-refractivity contribution is 0.102. The van der Waals surface area contributed by atoms with Crippen molar-refractivity contribution < 1.29 is 14.7 Å². The molecule has 1 aromatic carbocycles. The minimum absolute atomic E-state index is 0.0465. The Hall–Kier alpha value is -3.03. The predicted molar refractivity (Wildman–Crippen MR) is 72.0 cm³/mol. The average molecular weight is 275 g/mol. The van der Waals surface area contributed by atoms with Gasteiger partial charge in [-0.1, -0.05) is 5.16 Å². The van der Waals surface area contributed by atoms with Gasteiger partial charge in [0.25, 0.3) is 5.91 Å². The van der Waals surface area contributed by atoms with Gasteiger partial charge in [-0.15, -0.1) is 0 Å². The van der Waals surface area contributed by atoms with Crippen molar-refractivity contribution in [2.45, 2.75) is 0 Å². The molecule has 0 fully saturated rings. The summed E-state index contributed by atoms with van der Waals surface area (Å²) in [6, 6.07) is 6.30. The third-order valence-electron chi connectivity index (χ3n) is 2.60. The lowest BCUT2D eigenvalue weighted by atomic mass is 10.1. The van der Waals surface area contributed by atoms with E-state index >= 15 is 0 Å². The monoisotopic (exact) mass is 275 g/mol. The van der Waals surface area contributed by atoms with Crippen LogP contribution in [0, 0.1) is 0 Å². The minimum Gasteiger partial charge on any atom is -0.495 e. The summed E-state index contributed by atoms with van der Waals surface area (Å²) >= 11 is 0. The van der Waals surface area contributed by atoms with E-state index in [9.17, 15) is 4.79 Å². The van der Waals surface area contributed by atoms with Gasteiger partial charge in [0.2, 0.25) is 0 Å². The van der Waals surface area contributed by atoms with E-state index < -0.39 is 0 Å². The van der Waals surface area contributed by atoms with Gasteiger partial charge in [0, 0.05) is 11.8 Å². The number of nitrogens with zero attached hydrogens (tertiary/aromatic N) is 2. The Morgan fingerprint density at radius 2 is 2.30 bits per heavy atom. The first kappa shape index (κ1) is 13.4. The van der Waals surface area contributed by atoms with E-state index in [2.05, 4.69) is 20.7 Å². The second-order valence-electron chi connectivity index (χ2n) is 3.82. The topological polar surface area (TPSA) is 126 Å². The second-order valence-corrected chi connectivity index (χ2v) is 3.82. The fraction of sp³-hybridized carbons (Fsp3) is 0.0833. The van der Waals surface area contributed by atoms with Gasteiger partial charge in [0.15, 0.2) is 5.84 Å². The molecule has 1 aromatic heterocycles. The molecule has 5 N–H and O–H groups in total. The lowest BCUT2D eigenvalue weighted by Crippen LogP contribution is -2.15. The van der Waals surface area contributed by atoms with Crippen molar-refractivity contribution in [3.8, 4) is 5.75 Å². The third kappa shape index (κ3) is 2.69. The second kappa shape index (κ2) is 5.74. The van der Waals surface area contributed by atoms with Crippen LogP contribution in [0.5, 0.6) is 5.75 Å². The first-order valence-corrected chi connectivity index (χ1v) is 5.62. The number of ether oxygens (including phenoxy) is 1. The Labute approximate surface area is 114 Å². The molecule has 0 aliphatic heterocycles. The highest BCUT2D eigenvalue weighted by Crippen LogP contribution is 2.25. The highest BCUT2D eigenvalue weighted by molar-refractivity contribution is 6.04. The van der Waals surface area contributed by atoms with Crippen molar-refractivity contribution in [2.24, 2.45) is 10.9 Å². The quantitative estimate of drug-likeness (QED) is 0.284. The number of amidine groups is 1. The summed E-state index contributed by atoms with van der Waals surface area (Å²) in [7, 11) is 1.46. The van der Waals surface area contributed by atoms with E-state index in [0.717, 1.165) is 0 Å². The molecule has 0 aliphatic carbocycles. The van der Waals surface area contributed by atoms with E-state index in [1.54, 1.807) is 24.3 Å². The number of hydrogen-bond acceptors (Lipinski definition) is 5. The molecule has 8 nitrogen and oxygen atoms in total. The summed E-state index contributed by atoms with van der Waals surface area (Å²) in [5.41, 5.74) is 6.75. The first-order valence-electron chi connectivity index (χ1n) is 5.62. The zero-order valence-corrected chi connectivity index (χ0v) is 10.6. The van der Waals surface area contributed by atoms with Crippen LogP contribution in [0.4, 0.5) is 5.69 Å². The molecule has 0 spiro atoms. The number of nitrogens with one attached hydrogen (secondary N) is 2. The van der Waals surface area contributed by atoms with E-state index in [1.165, 1.54) is 13.3 Å². The zero-order valence-electron chi connectivity index (χ0n) is 10.6. The van der Waals surface area contributed by atoms with Crippen molar-refractivity contribution in [3.05, 3.63) is 41.7 Å². The van der Waals surface area contributed by atoms with Crippen LogP contribution in [-0.4, -0.2) is 34.3 Å². The Morgan fingerprint density at radius 1 is 1.50 bits per heavy atom. The van der Waals surface area contributed by atoms with Gasteiger partial charge in [-0.25, -0.2) is 0 Å². The van der Waals surface area contributed by atoms with Gasteiger partial charge in [0.1, 0.15) is 11.4 Å². The molecule has 2 aromatic rings. The smallest absolute Gasteiger partial charge is 0.273 e. The fourth-order valence-corrected chi connectivity index (χ4v) is 1.58. The summed E-state index contributed by atoms with van der Waals surface area (Å²) in [6.07, 6.45) is 1.48. The SMILES string of the molecule is COc1cc(/C(N)=N/O)ccc1NC(=O)c1ccn[nH]1. The van der Waals surface area contributed by atoms with Gasteiger partial charge < -0.3 is 21.0 Å². The van der Waals surface area contributed by atoms with E-state index in [0.29, 0.717) is 22.7 Å². The maximum absolute atomic E-state index is 11.9. The van der Waals surface area contributed by atoms with Crippen molar-refractivity contribution in [3.63, 3.8) is 0 Å². The number of rotatable bonds is 4. The number of methoxy groups -OCH3 is 1. The van der Waals surface area contributed by atoms with Gasteiger partial charge in [-0.2, -0.15) is 5.10 Å². The van der Waals surface area contributed by atoms with E-state index in [-0.39, 0.29) is 11.7 Å². The van der Waals surface area contributed by atoms with Crippen molar-refractivity contribution in [1.82, 2.24) is 10.2 Å². The molecule has 0 bridgehead atoms. The van der Waals surface area contributed by atoms with Crippen molar-refractivity contribution in [1.29, 1.82) is 0 Å². The van der Waals surface area contributed by atoms with Crippen LogP contribution in [0.2, 0.25) is 0 Å². The van der Waals surface area contributed by atoms with Crippen molar-refractivity contribution >= 4 is 17.4 Å². The van der Waals surface area contributed by atoms with Gasteiger partial charge in [-0.3, -0.25) is 9.89 Å². The summed E-state index contributed by atoms with van der Waals surface area (Å²) in [4.78, 5) is 11.9. The number of aromatic nitrogens is 2. The maximum atomic E-state index is 11.9. The molecule has 0 saturated heterocycles. The molecule has 0 radical (unpaired) electrons. The number of carbonyl (C=O) groups excluding carboxylic acids is 1. The van der Waals surface area contributed by atoms with Crippen LogP contribution in [0.1, 0.15) is 16.1 Å². The number of aromatic amines is 1. The number of amides is 1. The van der Waals surface area contributed by atoms with E-state index in [4.69, 9.17) is 15.7 Å². The van der Waals surface area contributed by atoms with Crippen molar-refractivity contribution in [2.75, 3.05) is 12.4 Å². The van der Waals surface area contributed by atoms with Crippen LogP contribution in [0.25, 0.3) is 0 Å². The van der Waals surface area contributed by atoms with Gasteiger partial charge >= 0.3 is 0 Å². The number of hydrogen-bond donors (Lipinski definition) is 4. The number of H-pyrrole nitrogens is 1. The number of oxime groups is 1. The Morgan fingerprint density at radius 3 is 2.90 bits per heavy atom. The molecule has 104 valence electrons. The summed E-state index contributed by atoms with van der Waals surface area (Å²) < 4.78 is 5.17. The molecule has 20 heavy (non-hydrogen) atoms. The fourth-order valence-electron chi connectivity index (χ4n) is 1.58. The third-order valence-corrected chi connectivity index (χ3v) is 2.60. The predicted octanol–water partition coefficient (Wildman–Crippen LogP) is 0.765. The molecular formula is C12H13N5O3. The summed E-state index contributed by atoms with van der Waals surface area (Å²) in [5, 5.41) is 20.5. The largest absolute Gasteiger partial charge is 0.495 e. The Bertz CT molecular complexity index is 637. The van der Waals surface area contributed by atoms with Gasteiger partial charge in [0.05, 0.1) is 12.8 Å². The van der Waals surface area contributed by atoms with Crippen LogP contribution >= 0.6 is 0 Å². The minimum atomic E-state index is -0.350. The van der Waals surface area contributed by atoms with E-state index in [1.807, 2.05) is 0 Å². The Kier molecular flexibility index (Phi) is 3.85. The zero-order chi connectivity index (χ0) is 14.5. The number of benzene rings is 1. The molecule has 1 amide bonds. The normalized spacial score (nSPS) is 11.2. The number of carbonyl (C=O) groups is 1. The molecule has 1 heterocycles. The highest BCUT2D eigenvalue weighted by atomic mass is 16.5. The van der Waals surface area contributed by atoms with Crippen LogP contribution < -0.4 is 15.8 Å². The molecule has 0 atom stereocenters. The first-order chi connectivity index (χ1) is 9.65. The number of nitrogens with two attached hydrogens (primary N) is 1. The van der Waals surface area contributed by atoms with Crippen LogP contribution in [-0.2, 0) is 0 Å². The maximum Gasteiger partial charge on any atom is 0.273 e. The number of anilines is 1. The lowest BCUT2D eigenvalue weighted by Gasteiger charge is -2.11. The molecule has 2 rings (SSSR count).